The molecule has 0 aliphatic heterocycles. The normalized spacial score (nSPS) is 11.9. The molecule has 4 nitrogen and oxygen atoms in total. The smallest absolute Gasteiger partial charge is 0.309 e. The number of amides is 1. The SMILES string of the molecule is Cc1ccc(NC(=O)[C@@H](OC(=O)C(C)C)c2ccccc2)cc1Cl. The fourth-order valence-electron chi connectivity index (χ4n) is 2.03. The first-order valence-corrected chi connectivity index (χ1v) is 8.08. The molecule has 0 unspecified atom stereocenters. The fraction of sp³-hybridized carbons (Fsp3) is 0.263. The van der Waals surface area contributed by atoms with Crippen molar-refractivity contribution in [1.29, 1.82) is 0 Å². The highest BCUT2D eigenvalue weighted by Crippen LogP contribution is 2.24. The number of rotatable bonds is 5. The molecule has 5 heteroatoms. The molecule has 2 aromatic carbocycles. The molecule has 0 heterocycles. The topological polar surface area (TPSA) is 55.4 Å². The molecule has 1 atom stereocenters. The zero-order chi connectivity index (χ0) is 17.7. The van der Waals surface area contributed by atoms with Gasteiger partial charge in [0.1, 0.15) is 0 Å². The number of hydrogen-bond acceptors (Lipinski definition) is 3. The number of aryl methyl sites for hydroxylation is 1. The van der Waals surface area contributed by atoms with Gasteiger partial charge in [0.15, 0.2) is 0 Å². The number of carbonyl (C=O) groups is 2. The van der Waals surface area contributed by atoms with Crippen LogP contribution in [0.15, 0.2) is 48.5 Å². The Bertz CT molecular complexity index is 729. The van der Waals surface area contributed by atoms with E-state index in [1.54, 1.807) is 50.2 Å². The maximum atomic E-state index is 12.6. The minimum Gasteiger partial charge on any atom is -0.447 e. The summed E-state index contributed by atoms with van der Waals surface area (Å²) in [6.45, 7) is 5.33. The lowest BCUT2D eigenvalue weighted by molar-refractivity contribution is -0.157. The van der Waals surface area contributed by atoms with Crippen molar-refractivity contribution in [2.75, 3.05) is 5.32 Å². The van der Waals surface area contributed by atoms with E-state index >= 15 is 0 Å². The Morgan fingerprint density at radius 2 is 1.75 bits per heavy atom. The van der Waals surface area contributed by atoms with Crippen molar-refractivity contribution in [2.24, 2.45) is 5.92 Å². The van der Waals surface area contributed by atoms with E-state index in [1.165, 1.54) is 0 Å². The van der Waals surface area contributed by atoms with Gasteiger partial charge in [-0.2, -0.15) is 0 Å². The first-order valence-electron chi connectivity index (χ1n) is 7.71. The van der Waals surface area contributed by atoms with Gasteiger partial charge in [0.2, 0.25) is 6.10 Å². The average Bonchev–Trinajstić information content (AvgIpc) is 2.56. The Hall–Kier alpha value is -2.33. The highest BCUT2D eigenvalue weighted by atomic mass is 35.5. The standard InChI is InChI=1S/C19H20ClNO3/c1-12(2)19(23)24-17(14-7-5-4-6-8-14)18(22)21-15-10-9-13(3)16(20)11-15/h4-12,17H,1-3H3,(H,21,22)/t17-/m0/s1. The molecule has 1 N–H and O–H groups in total. The maximum Gasteiger partial charge on any atom is 0.309 e. The molecule has 1 amide bonds. The van der Waals surface area contributed by atoms with Crippen LogP contribution in [0.3, 0.4) is 0 Å². The van der Waals surface area contributed by atoms with E-state index in [1.807, 2.05) is 19.1 Å². The van der Waals surface area contributed by atoms with Crippen LogP contribution >= 0.6 is 11.6 Å². The van der Waals surface area contributed by atoms with E-state index in [0.29, 0.717) is 16.3 Å². The van der Waals surface area contributed by atoms with Crippen LogP contribution in [0.25, 0.3) is 0 Å². The highest BCUT2D eigenvalue weighted by Gasteiger charge is 2.26. The van der Waals surface area contributed by atoms with Crippen LogP contribution in [-0.4, -0.2) is 11.9 Å². The Balaban J connectivity index is 2.23. The summed E-state index contributed by atoms with van der Waals surface area (Å²) in [6, 6.07) is 14.2. The zero-order valence-electron chi connectivity index (χ0n) is 13.9. The number of ether oxygens (including phenoxy) is 1. The minimum absolute atomic E-state index is 0.321. The van der Waals surface area contributed by atoms with E-state index in [0.717, 1.165) is 5.56 Å². The maximum absolute atomic E-state index is 12.6. The quantitative estimate of drug-likeness (QED) is 0.810. The van der Waals surface area contributed by atoms with E-state index < -0.39 is 18.0 Å². The Morgan fingerprint density at radius 1 is 1.08 bits per heavy atom. The Morgan fingerprint density at radius 3 is 2.33 bits per heavy atom. The lowest BCUT2D eigenvalue weighted by Crippen LogP contribution is -2.27. The van der Waals surface area contributed by atoms with Gasteiger partial charge in [-0.25, -0.2) is 0 Å². The van der Waals surface area contributed by atoms with Crippen LogP contribution in [0.4, 0.5) is 5.69 Å². The molecule has 0 aliphatic carbocycles. The van der Waals surface area contributed by atoms with Gasteiger partial charge in [0, 0.05) is 16.3 Å². The van der Waals surface area contributed by atoms with Crippen molar-refractivity contribution in [3.63, 3.8) is 0 Å². The van der Waals surface area contributed by atoms with E-state index in [-0.39, 0.29) is 5.92 Å². The van der Waals surface area contributed by atoms with Crippen LogP contribution in [0.2, 0.25) is 5.02 Å². The van der Waals surface area contributed by atoms with Gasteiger partial charge in [-0.15, -0.1) is 0 Å². The third kappa shape index (κ3) is 4.59. The number of hydrogen-bond donors (Lipinski definition) is 1. The van der Waals surface area contributed by atoms with Gasteiger partial charge in [-0.05, 0) is 24.6 Å². The van der Waals surface area contributed by atoms with Crippen LogP contribution in [0, 0.1) is 12.8 Å². The van der Waals surface area contributed by atoms with Crippen molar-refractivity contribution in [3.05, 3.63) is 64.7 Å². The van der Waals surface area contributed by atoms with E-state index in [4.69, 9.17) is 16.3 Å². The van der Waals surface area contributed by atoms with Crippen molar-refractivity contribution in [3.8, 4) is 0 Å². The molecule has 0 spiro atoms. The number of halogens is 1. The lowest BCUT2D eigenvalue weighted by Gasteiger charge is -2.19. The second-order valence-electron chi connectivity index (χ2n) is 5.84. The molecule has 0 bridgehead atoms. The molecular formula is C19H20ClNO3. The summed E-state index contributed by atoms with van der Waals surface area (Å²) in [5, 5.41) is 3.31. The summed E-state index contributed by atoms with van der Waals surface area (Å²) >= 11 is 6.08. The molecule has 0 radical (unpaired) electrons. The average molecular weight is 346 g/mol. The molecule has 2 rings (SSSR count). The predicted octanol–water partition coefficient (Wildman–Crippen LogP) is 4.53. The zero-order valence-corrected chi connectivity index (χ0v) is 14.6. The van der Waals surface area contributed by atoms with Gasteiger partial charge in [0.25, 0.3) is 5.91 Å². The van der Waals surface area contributed by atoms with Crippen molar-refractivity contribution < 1.29 is 14.3 Å². The van der Waals surface area contributed by atoms with Crippen LogP contribution < -0.4 is 5.32 Å². The first-order chi connectivity index (χ1) is 11.4. The molecule has 0 saturated heterocycles. The third-order valence-corrected chi connectivity index (χ3v) is 3.89. The Kier molecular flexibility index (Phi) is 5.99. The van der Waals surface area contributed by atoms with Gasteiger partial charge in [-0.1, -0.05) is 61.8 Å². The summed E-state index contributed by atoms with van der Waals surface area (Å²) < 4.78 is 5.40. The van der Waals surface area contributed by atoms with E-state index in [9.17, 15) is 9.59 Å². The summed E-state index contributed by atoms with van der Waals surface area (Å²) in [5.41, 5.74) is 2.08. The van der Waals surface area contributed by atoms with Crippen LogP contribution in [0.1, 0.15) is 31.1 Å². The molecule has 24 heavy (non-hydrogen) atoms. The predicted molar refractivity (Wildman–Crippen MR) is 94.9 cm³/mol. The molecule has 0 fully saturated rings. The summed E-state index contributed by atoms with van der Waals surface area (Å²) in [6.07, 6.45) is -1.01. The van der Waals surface area contributed by atoms with Crippen LogP contribution in [-0.2, 0) is 14.3 Å². The minimum atomic E-state index is -1.01. The molecule has 0 aromatic heterocycles. The molecule has 2 aromatic rings. The van der Waals surface area contributed by atoms with Gasteiger partial charge < -0.3 is 10.1 Å². The number of benzene rings is 2. The monoisotopic (exact) mass is 345 g/mol. The number of carbonyl (C=O) groups excluding carboxylic acids is 2. The summed E-state index contributed by atoms with van der Waals surface area (Å²) in [4.78, 5) is 24.6. The fourth-order valence-corrected chi connectivity index (χ4v) is 2.21. The second kappa shape index (κ2) is 7.97. The van der Waals surface area contributed by atoms with Crippen LogP contribution in [0.5, 0.6) is 0 Å². The largest absolute Gasteiger partial charge is 0.447 e. The van der Waals surface area contributed by atoms with Crippen molar-refractivity contribution in [2.45, 2.75) is 26.9 Å². The Labute approximate surface area is 146 Å². The van der Waals surface area contributed by atoms with Crippen molar-refractivity contribution >= 4 is 29.2 Å². The van der Waals surface area contributed by atoms with Gasteiger partial charge in [0.05, 0.1) is 5.92 Å². The molecular weight excluding hydrogens is 326 g/mol. The van der Waals surface area contributed by atoms with Gasteiger partial charge in [-0.3, -0.25) is 9.59 Å². The highest BCUT2D eigenvalue weighted by molar-refractivity contribution is 6.31. The molecule has 0 aliphatic rings. The second-order valence-corrected chi connectivity index (χ2v) is 6.24. The molecule has 0 saturated carbocycles. The first kappa shape index (κ1) is 18.0. The van der Waals surface area contributed by atoms with Gasteiger partial charge >= 0.3 is 5.97 Å². The van der Waals surface area contributed by atoms with E-state index in [2.05, 4.69) is 5.32 Å². The summed E-state index contributed by atoms with van der Waals surface area (Å²) in [5.74, 6) is -1.17. The third-order valence-electron chi connectivity index (χ3n) is 3.49. The summed E-state index contributed by atoms with van der Waals surface area (Å²) in [7, 11) is 0. The number of anilines is 1. The number of esters is 1. The lowest BCUT2D eigenvalue weighted by atomic mass is 10.1. The molecule has 126 valence electrons. The number of nitrogens with one attached hydrogen (secondary N) is 1. The van der Waals surface area contributed by atoms with Crippen molar-refractivity contribution in [1.82, 2.24) is 0 Å².